The molecular weight excluding hydrogens is 322 g/mol. The molecule has 0 saturated heterocycles. The lowest BCUT2D eigenvalue weighted by Crippen LogP contribution is -2.35. The van der Waals surface area contributed by atoms with Gasteiger partial charge < -0.3 is 15.4 Å². The van der Waals surface area contributed by atoms with E-state index < -0.39 is 11.7 Å². The van der Waals surface area contributed by atoms with Gasteiger partial charge in [0.1, 0.15) is 11.7 Å². The molecule has 1 amide bonds. The van der Waals surface area contributed by atoms with E-state index in [1.54, 1.807) is 0 Å². The number of hydrogen-bond donors (Lipinski definition) is 2. The molecule has 0 saturated carbocycles. The molecule has 0 spiro atoms. The van der Waals surface area contributed by atoms with Gasteiger partial charge in [0.15, 0.2) is 0 Å². The molecule has 20 heavy (non-hydrogen) atoms. The highest BCUT2D eigenvalue weighted by atomic mass is 79.9. The fourth-order valence-electron chi connectivity index (χ4n) is 1.46. The minimum Gasteiger partial charge on any atom is -0.444 e. The van der Waals surface area contributed by atoms with Gasteiger partial charge in [0.2, 0.25) is 0 Å². The van der Waals surface area contributed by atoms with Crippen molar-refractivity contribution in [1.82, 2.24) is 5.32 Å². The van der Waals surface area contributed by atoms with Crippen LogP contribution in [-0.2, 0) is 4.74 Å². The van der Waals surface area contributed by atoms with Crippen molar-refractivity contribution >= 4 is 27.7 Å². The van der Waals surface area contributed by atoms with Crippen LogP contribution in [0.15, 0.2) is 22.7 Å². The molecule has 1 rings (SSSR count). The fourth-order valence-corrected chi connectivity index (χ4v) is 1.92. The van der Waals surface area contributed by atoms with Gasteiger partial charge in [-0.3, -0.25) is 0 Å². The maximum Gasteiger partial charge on any atom is 0.407 e. The van der Waals surface area contributed by atoms with E-state index in [9.17, 15) is 4.79 Å². The Morgan fingerprint density at radius 2 is 2.10 bits per heavy atom. The number of rotatable bonds is 4. The Labute approximate surface area is 127 Å². The molecule has 5 nitrogen and oxygen atoms in total. The van der Waals surface area contributed by atoms with Crippen LogP contribution in [-0.4, -0.2) is 24.8 Å². The van der Waals surface area contributed by atoms with Crippen molar-refractivity contribution < 1.29 is 9.53 Å². The summed E-state index contributed by atoms with van der Waals surface area (Å²) in [5.41, 5.74) is 0.771. The van der Waals surface area contributed by atoms with E-state index in [1.807, 2.05) is 39.0 Å². The van der Waals surface area contributed by atoms with Crippen molar-refractivity contribution in [2.45, 2.75) is 26.4 Å². The van der Waals surface area contributed by atoms with E-state index >= 15 is 0 Å². The monoisotopic (exact) mass is 339 g/mol. The second-order valence-electron chi connectivity index (χ2n) is 5.13. The molecule has 108 valence electrons. The molecule has 0 aliphatic carbocycles. The molecular formula is C14H18BrN3O2. The summed E-state index contributed by atoms with van der Waals surface area (Å²) in [6, 6.07) is 7.59. The number of nitrogens with one attached hydrogen (secondary N) is 2. The summed E-state index contributed by atoms with van der Waals surface area (Å²) in [4.78, 5) is 11.4. The Hall–Kier alpha value is -1.74. The Morgan fingerprint density at radius 3 is 2.70 bits per heavy atom. The molecule has 2 N–H and O–H groups in total. The van der Waals surface area contributed by atoms with Gasteiger partial charge in [-0.05, 0) is 48.8 Å². The van der Waals surface area contributed by atoms with Gasteiger partial charge in [-0.1, -0.05) is 6.07 Å². The summed E-state index contributed by atoms with van der Waals surface area (Å²) in [6.07, 6.45) is -0.450. The zero-order chi connectivity index (χ0) is 15.2. The van der Waals surface area contributed by atoms with Crippen LogP contribution in [0.25, 0.3) is 0 Å². The third kappa shape index (κ3) is 5.49. The van der Waals surface area contributed by atoms with Gasteiger partial charge in [-0.2, -0.15) is 5.26 Å². The van der Waals surface area contributed by atoms with Crippen molar-refractivity contribution in [3.8, 4) is 6.07 Å². The topological polar surface area (TPSA) is 74.2 Å². The number of halogens is 1. The summed E-state index contributed by atoms with van der Waals surface area (Å²) >= 11 is 3.32. The minimum absolute atomic E-state index is 0.409. The van der Waals surface area contributed by atoms with Crippen molar-refractivity contribution in [2.75, 3.05) is 18.4 Å². The van der Waals surface area contributed by atoms with Crippen LogP contribution >= 0.6 is 15.9 Å². The number of nitriles is 1. The van der Waals surface area contributed by atoms with E-state index in [4.69, 9.17) is 10.00 Å². The first-order chi connectivity index (χ1) is 9.33. The molecule has 0 radical (unpaired) electrons. The molecule has 0 aromatic heterocycles. The number of nitrogens with zero attached hydrogens (tertiary/aromatic N) is 1. The minimum atomic E-state index is -0.504. The summed E-state index contributed by atoms with van der Waals surface area (Å²) < 4.78 is 5.86. The first kappa shape index (κ1) is 16.3. The van der Waals surface area contributed by atoms with Crippen LogP contribution in [0, 0.1) is 11.3 Å². The van der Waals surface area contributed by atoms with Crippen LogP contribution in [0.2, 0.25) is 0 Å². The largest absolute Gasteiger partial charge is 0.444 e. The first-order valence-corrected chi connectivity index (χ1v) is 7.02. The highest BCUT2D eigenvalue weighted by molar-refractivity contribution is 9.10. The summed E-state index contributed by atoms with van der Waals surface area (Å²) in [7, 11) is 0. The Bertz CT molecular complexity index is 518. The molecule has 0 unspecified atom stereocenters. The molecule has 1 aromatic rings. The smallest absolute Gasteiger partial charge is 0.407 e. The lowest BCUT2D eigenvalue weighted by molar-refractivity contribution is 0.0530. The maximum atomic E-state index is 11.4. The first-order valence-electron chi connectivity index (χ1n) is 6.23. The van der Waals surface area contributed by atoms with Crippen molar-refractivity contribution in [2.24, 2.45) is 0 Å². The number of hydrogen-bond acceptors (Lipinski definition) is 4. The fraction of sp³-hybridized carbons (Fsp3) is 0.429. The average molecular weight is 340 g/mol. The quantitative estimate of drug-likeness (QED) is 0.825. The van der Waals surface area contributed by atoms with Crippen molar-refractivity contribution in [3.05, 3.63) is 28.2 Å². The number of benzene rings is 1. The molecule has 6 heteroatoms. The summed E-state index contributed by atoms with van der Waals surface area (Å²) in [5.74, 6) is 0. The van der Waals surface area contributed by atoms with Gasteiger partial charge in [0, 0.05) is 17.6 Å². The Balaban J connectivity index is 2.41. The van der Waals surface area contributed by atoms with Gasteiger partial charge in [0.25, 0.3) is 0 Å². The van der Waals surface area contributed by atoms with Crippen LogP contribution < -0.4 is 10.6 Å². The zero-order valence-corrected chi connectivity index (χ0v) is 13.4. The Morgan fingerprint density at radius 1 is 1.40 bits per heavy atom. The summed E-state index contributed by atoms with van der Waals surface area (Å²) in [6.45, 7) is 6.35. The second kappa shape index (κ2) is 7.15. The molecule has 1 aromatic carbocycles. The summed E-state index contributed by atoms with van der Waals surface area (Å²) in [5, 5.41) is 14.8. The van der Waals surface area contributed by atoms with Crippen LogP contribution in [0.3, 0.4) is 0 Å². The Kier molecular flexibility index (Phi) is 5.83. The average Bonchev–Trinajstić information content (AvgIpc) is 2.32. The third-order valence-corrected chi connectivity index (χ3v) is 2.89. The van der Waals surface area contributed by atoms with Crippen LogP contribution in [0.5, 0.6) is 0 Å². The second-order valence-corrected chi connectivity index (χ2v) is 5.98. The van der Waals surface area contributed by atoms with Crippen molar-refractivity contribution in [3.63, 3.8) is 0 Å². The van der Waals surface area contributed by atoms with Gasteiger partial charge in [-0.25, -0.2) is 4.79 Å². The number of ether oxygens (including phenoxy) is 1. The standard InChI is InChI=1S/C14H18BrN3O2/c1-14(2,3)20-13(19)18-8-7-17-12-6-4-5-11(15)10(12)9-16/h4-6,17H,7-8H2,1-3H3,(H,18,19). The van der Waals surface area contributed by atoms with Crippen molar-refractivity contribution in [1.29, 1.82) is 5.26 Å². The number of amides is 1. The lowest BCUT2D eigenvalue weighted by atomic mass is 10.2. The highest BCUT2D eigenvalue weighted by Crippen LogP contribution is 2.23. The van der Waals surface area contributed by atoms with Gasteiger partial charge in [0.05, 0.1) is 11.3 Å². The molecule has 0 aliphatic rings. The van der Waals surface area contributed by atoms with E-state index in [1.165, 1.54) is 0 Å². The molecule has 0 fully saturated rings. The molecule has 0 heterocycles. The van der Waals surface area contributed by atoms with Gasteiger partial charge >= 0.3 is 6.09 Å². The third-order valence-electron chi connectivity index (χ3n) is 2.23. The zero-order valence-electron chi connectivity index (χ0n) is 11.8. The SMILES string of the molecule is CC(C)(C)OC(=O)NCCNc1cccc(Br)c1C#N. The van der Waals surface area contributed by atoms with E-state index in [0.717, 1.165) is 10.2 Å². The number of alkyl carbamates (subject to hydrolysis) is 1. The molecule has 0 atom stereocenters. The molecule has 0 bridgehead atoms. The van der Waals surface area contributed by atoms with E-state index in [2.05, 4.69) is 32.6 Å². The predicted octanol–water partition coefficient (Wildman–Crippen LogP) is 3.26. The number of anilines is 1. The van der Waals surface area contributed by atoms with Crippen LogP contribution in [0.4, 0.5) is 10.5 Å². The van der Waals surface area contributed by atoms with E-state index in [0.29, 0.717) is 18.7 Å². The number of carbonyl (C=O) groups excluding carboxylic acids is 1. The number of carbonyl (C=O) groups is 1. The van der Waals surface area contributed by atoms with Crippen LogP contribution in [0.1, 0.15) is 26.3 Å². The molecule has 0 aliphatic heterocycles. The van der Waals surface area contributed by atoms with Gasteiger partial charge in [-0.15, -0.1) is 0 Å². The normalized spacial score (nSPS) is 10.6. The highest BCUT2D eigenvalue weighted by Gasteiger charge is 2.15. The lowest BCUT2D eigenvalue weighted by Gasteiger charge is -2.19. The predicted molar refractivity (Wildman–Crippen MR) is 81.6 cm³/mol. The maximum absolute atomic E-state index is 11.4. The van der Waals surface area contributed by atoms with E-state index in [-0.39, 0.29) is 0 Å².